The fourth-order valence-corrected chi connectivity index (χ4v) is 5.90. The van der Waals surface area contributed by atoms with Crippen molar-refractivity contribution in [2.45, 2.75) is 20.0 Å². The van der Waals surface area contributed by atoms with Crippen LogP contribution in [0, 0.1) is 23.5 Å². The quantitative estimate of drug-likeness (QED) is 0.550. The number of halogens is 2. The van der Waals surface area contributed by atoms with E-state index in [2.05, 4.69) is 10.1 Å². The fraction of sp³-hybridized carbons (Fsp3) is 0.240. The van der Waals surface area contributed by atoms with Crippen LogP contribution in [0.25, 0.3) is 11.3 Å². The van der Waals surface area contributed by atoms with Crippen molar-refractivity contribution >= 4 is 21.3 Å². The molecule has 0 saturated carbocycles. The zero-order chi connectivity index (χ0) is 24.9. The number of carbonyl (C=O) groups excluding carboxylic acids is 1. The van der Waals surface area contributed by atoms with E-state index < -0.39 is 33.3 Å². The lowest BCUT2D eigenvalue weighted by Crippen LogP contribution is -2.38. The van der Waals surface area contributed by atoms with E-state index in [1.165, 1.54) is 35.2 Å². The number of aromatic nitrogens is 3. The van der Waals surface area contributed by atoms with Crippen LogP contribution in [0.15, 0.2) is 66.0 Å². The van der Waals surface area contributed by atoms with Crippen LogP contribution in [0.5, 0.6) is 0 Å². The summed E-state index contributed by atoms with van der Waals surface area (Å²) in [5.74, 6) is -2.63. The minimum Gasteiger partial charge on any atom is -0.332 e. The van der Waals surface area contributed by atoms with E-state index in [-0.39, 0.29) is 23.9 Å². The van der Waals surface area contributed by atoms with Gasteiger partial charge >= 0.3 is 0 Å². The zero-order valence-electron chi connectivity index (χ0n) is 19.0. The number of allylic oxidation sites excluding steroid dienone is 3. The highest BCUT2D eigenvalue weighted by atomic mass is 32.2. The summed E-state index contributed by atoms with van der Waals surface area (Å²) >= 11 is 0. The maximum atomic E-state index is 14.0. The van der Waals surface area contributed by atoms with Gasteiger partial charge < -0.3 is 4.90 Å². The molecule has 1 aliphatic heterocycles. The van der Waals surface area contributed by atoms with Crippen molar-refractivity contribution in [1.29, 1.82) is 0 Å². The third-order valence-corrected chi connectivity index (χ3v) is 7.77. The summed E-state index contributed by atoms with van der Waals surface area (Å²) in [6, 6.07) is 7.24. The van der Waals surface area contributed by atoms with Gasteiger partial charge in [-0.05, 0) is 29.3 Å². The van der Waals surface area contributed by atoms with Crippen molar-refractivity contribution in [2.24, 2.45) is 11.8 Å². The summed E-state index contributed by atoms with van der Waals surface area (Å²) in [7, 11) is -3.54. The van der Waals surface area contributed by atoms with Gasteiger partial charge in [-0.3, -0.25) is 9.78 Å². The second-order valence-corrected chi connectivity index (χ2v) is 10.9. The molecule has 2 atom stereocenters. The van der Waals surface area contributed by atoms with Crippen LogP contribution in [0.4, 0.5) is 8.78 Å². The Morgan fingerprint density at radius 3 is 2.57 bits per heavy atom. The minimum atomic E-state index is -3.54. The molecule has 1 aromatic carbocycles. The molecule has 1 amide bonds. The highest BCUT2D eigenvalue weighted by Gasteiger charge is 2.41. The maximum absolute atomic E-state index is 14.0. The molecule has 0 bridgehead atoms. The molecule has 0 fully saturated rings. The van der Waals surface area contributed by atoms with Gasteiger partial charge in [0.05, 0.1) is 36.2 Å². The third kappa shape index (κ3) is 4.29. The molecule has 0 radical (unpaired) electrons. The zero-order valence-corrected chi connectivity index (χ0v) is 19.8. The topological polar surface area (TPSA) is 85.2 Å². The summed E-state index contributed by atoms with van der Waals surface area (Å²) in [4.78, 5) is 19.4. The number of amides is 1. The van der Waals surface area contributed by atoms with Crippen molar-refractivity contribution in [1.82, 2.24) is 19.7 Å². The molecule has 0 saturated heterocycles. The van der Waals surface area contributed by atoms with E-state index in [1.807, 2.05) is 0 Å². The fourth-order valence-electron chi connectivity index (χ4n) is 4.78. The SMILES string of the molecule is CC1C(S(C)(=O)=O)=CC=C(c2cccc(F)c2)C1C(=O)N1Cc2cn(-c3cncc(F)c3)nc2C1. The first kappa shape index (κ1) is 23.1. The van der Waals surface area contributed by atoms with Crippen molar-refractivity contribution in [3.63, 3.8) is 0 Å². The van der Waals surface area contributed by atoms with Crippen LogP contribution in [0.3, 0.4) is 0 Å². The molecule has 180 valence electrons. The molecule has 2 unspecified atom stereocenters. The smallest absolute Gasteiger partial charge is 0.231 e. The predicted octanol–water partition coefficient (Wildman–Crippen LogP) is 3.67. The Balaban J connectivity index is 1.46. The normalized spacial score (nSPS) is 19.8. The number of rotatable bonds is 4. The van der Waals surface area contributed by atoms with Crippen LogP contribution in [-0.4, -0.2) is 40.2 Å². The van der Waals surface area contributed by atoms with Crippen LogP contribution in [-0.2, 0) is 27.7 Å². The monoisotopic (exact) mass is 496 g/mol. The predicted molar refractivity (Wildman–Crippen MR) is 126 cm³/mol. The van der Waals surface area contributed by atoms with E-state index in [0.717, 1.165) is 18.0 Å². The first-order chi connectivity index (χ1) is 16.6. The first-order valence-electron chi connectivity index (χ1n) is 11.0. The lowest BCUT2D eigenvalue weighted by Gasteiger charge is -2.33. The maximum Gasteiger partial charge on any atom is 0.231 e. The number of fused-ring (bicyclic) bond motifs is 1. The molecule has 3 heterocycles. The van der Waals surface area contributed by atoms with Gasteiger partial charge in [0.1, 0.15) is 11.6 Å². The van der Waals surface area contributed by atoms with Crippen molar-refractivity contribution in [3.8, 4) is 5.69 Å². The van der Waals surface area contributed by atoms with Gasteiger partial charge in [0, 0.05) is 41.5 Å². The molecule has 0 spiro atoms. The third-order valence-electron chi connectivity index (χ3n) is 6.41. The molecular weight excluding hydrogens is 474 g/mol. The Morgan fingerprint density at radius 1 is 1.09 bits per heavy atom. The summed E-state index contributed by atoms with van der Waals surface area (Å²) in [5.41, 5.74) is 3.04. The van der Waals surface area contributed by atoms with E-state index in [4.69, 9.17) is 0 Å². The molecule has 3 aromatic rings. The van der Waals surface area contributed by atoms with Gasteiger partial charge in [0.2, 0.25) is 5.91 Å². The van der Waals surface area contributed by atoms with E-state index in [9.17, 15) is 22.0 Å². The molecule has 7 nitrogen and oxygen atoms in total. The van der Waals surface area contributed by atoms with Crippen molar-refractivity contribution in [2.75, 3.05) is 6.26 Å². The molecule has 2 aliphatic rings. The van der Waals surface area contributed by atoms with Crippen molar-refractivity contribution < 1.29 is 22.0 Å². The Labute approximate surface area is 201 Å². The number of hydrogen-bond acceptors (Lipinski definition) is 5. The Hall–Kier alpha value is -3.66. The van der Waals surface area contributed by atoms with Crippen LogP contribution in [0.1, 0.15) is 23.7 Å². The average molecular weight is 497 g/mol. The Kier molecular flexibility index (Phi) is 5.63. The van der Waals surface area contributed by atoms with Gasteiger partial charge in [-0.15, -0.1) is 0 Å². The lowest BCUT2D eigenvalue weighted by atomic mass is 9.79. The summed E-state index contributed by atoms with van der Waals surface area (Å²) in [6.45, 7) is 2.20. The molecule has 0 N–H and O–H groups in total. The number of sulfone groups is 1. The Bertz CT molecular complexity index is 1490. The molecule has 2 aromatic heterocycles. The van der Waals surface area contributed by atoms with Gasteiger partial charge in [-0.1, -0.05) is 25.1 Å². The summed E-state index contributed by atoms with van der Waals surface area (Å²) in [6.07, 6.45) is 8.55. The van der Waals surface area contributed by atoms with E-state index in [1.54, 1.807) is 36.2 Å². The van der Waals surface area contributed by atoms with Gasteiger partial charge in [0.15, 0.2) is 9.84 Å². The number of pyridine rings is 1. The molecular formula is C25H22F2N4O3S. The second kappa shape index (κ2) is 8.53. The minimum absolute atomic E-state index is 0.164. The second-order valence-electron chi connectivity index (χ2n) is 8.84. The van der Waals surface area contributed by atoms with Crippen LogP contribution in [0.2, 0.25) is 0 Å². The standard InChI is InChI=1S/C25H22F2N4O3S/c1-15-23(35(2,33)34)7-6-21(16-4-3-5-18(26)8-16)24(15)25(32)30-12-17-13-31(29-22(17)14-30)20-9-19(27)10-28-11-20/h3-11,13,15,24H,12,14H2,1-2H3. The van der Waals surface area contributed by atoms with Crippen LogP contribution >= 0.6 is 0 Å². The van der Waals surface area contributed by atoms with E-state index >= 15 is 0 Å². The molecule has 5 rings (SSSR count). The lowest BCUT2D eigenvalue weighted by molar-refractivity contribution is -0.135. The Morgan fingerprint density at radius 2 is 1.89 bits per heavy atom. The van der Waals surface area contributed by atoms with Crippen LogP contribution < -0.4 is 0 Å². The number of nitrogens with zero attached hydrogens (tertiary/aromatic N) is 4. The molecule has 1 aliphatic carbocycles. The summed E-state index contributed by atoms with van der Waals surface area (Å²) in [5, 5.41) is 4.49. The van der Waals surface area contributed by atoms with Gasteiger partial charge in [-0.2, -0.15) is 5.10 Å². The number of carbonyl (C=O) groups is 1. The molecule has 35 heavy (non-hydrogen) atoms. The molecule has 10 heteroatoms. The summed E-state index contributed by atoms with van der Waals surface area (Å²) < 4.78 is 53.8. The highest BCUT2D eigenvalue weighted by Crippen LogP contribution is 2.41. The number of benzene rings is 1. The number of hydrogen-bond donors (Lipinski definition) is 0. The highest BCUT2D eigenvalue weighted by molar-refractivity contribution is 7.94. The average Bonchev–Trinajstić information content (AvgIpc) is 3.37. The first-order valence-corrected chi connectivity index (χ1v) is 12.9. The van der Waals surface area contributed by atoms with Gasteiger partial charge in [0.25, 0.3) is 0 Å². The van der Waals surface area contributed by atoms with Crippen molar-refractivity contribution in [3.05, 3.63) is 94.4 Å². The van der Waals surface area contributed by atoms with E-state index in [0.29, 0.717) is 22.5 Å². The largest absolute Gasteiger partial charge is 0.332 e. The van der Waals surface area contributed by atoms with Gasteiger partial charge in [-0.25, -0.2) is 21.9 Å².